The molecule has 0 saturated carbocycles. The van der Waals surface area contributed by atoms with E-state index in [1.807, 2.05) is 12.1 Å². The fraction of sp³-hybridized carbons (Fsp3) is 0.250. The van der Waals surface area contributed by atoms with Gasteiger partial charge >= 0.3 is 0 Å². The summed E-state index contributed by atoms with van der Waals surface area (Å²) < 4.78 is 14.1. The normalized spacial score (nSPS) is 11.1. The first kappa shape index (κ1) is 15.3. The predicted octanol–water partition coefficient (Wildman–Crippen LogP) is 5.30. The quantitative estimate of drug-likeness (QED) is 0.808. The summed E-state index contributed by atoms with van der Waals surface area (Å²) in [7, 11) is 0. The maximum absolute atomic E-state index is 14.1. The summed E-state index contributed by atoms with van der Waals surface area (Å²) in [5.74, 6) is -0.328. The van der Waals surface area contributed by atoms with Crippen molar-refractivity contribution in [1.29, 1.82) is 0 Å². The molecule has 2 rings (SSSR count). The highest BCUT2D eigenvalue weighted by Crippen LogP contribution is 2.30. The van der Waals surface area contributed by atoms with Crippen molar-refractivity contribution in [2.24, 2.45) is 0 Å². The van der Waals surface area contributed by atoms with Gasteiger partial charge in [-0.3, -0.25) is 0 Å². The molecule has 1 N–H and O–H groups in total. The molecule has 0 aliphatic heterocycles. The van der Waals surface area contributed by atoms with Crippen LogP contribution < -0.4 is 5.32 Å². The molecule has 0 unspecified atom stereocenters. The van der Waals surface area contributed by atoms with Crippen LogP contribution in [0.3, 0.4) is 0 Å². The molecule has 0 amide bonds. The van der Waals surface area contributed by atoms with Crippen LogP contribution in [0.5, 0.6) is 0 Å². The smallest absolute Gasteiger partial charge is 0.132 e. The summed E-state index contributed by atoms with van der Waals surface area (Å²) in [5, 5.41) is 4.36. The van der Waals surface area contributed by atoms with E-state index < -0.39 is 0 Å². The second kappa shape index (κ2) is 6.57. The third-order valence-electron chi connectivity index (χ3n) is 2.99. The monoisotopic (exact) mass is 311 g/mol. The number of benzene rings is 2. The molecular formula is C16H16Cl2FN. The number of nitrogens with one attached hydrogen (secondary N) is 1. The number of hydrogen-bond acceptors (Lipinski definition) is 1. The zero-order valence-electron chi connectivity index (χ0n) is 11.4. The standard InChI is InChI=1S/C16H16Cl2FN/c1-10(2)20-9-11-7-12(17)3-5-14(11)15-6-4-13(18)8-16(15)19/h3-8,10,20H,9H2,1-2H3. The van der Waals surface area contributed by atoms with Crippen LogP contribution in [0.1, 0.15) is 19.4 Å². The van der Waals surface area contributed by atoms with Gasteiger partial charge in [-0.25, -0.2) is 4.39 Å². The van der Waals surface area contributed by atoms with E-state index in [-0.39, 0.29) is 5.82 Å². The van der Waals surface area contributed by atoms with E-state index in [0.717, 1.165) is 11.1 Å². The largest absolute Gasteiger partial charge is 0.310 e. The van der Waals surface area contributed by atoms with Crippen molar-refractivity contribution in [2.75, 3.05) is 0 Å². The fourth-order valence-corrected chi connectivity index (χ4v) is 2.35. The highest BCUT2D eigenvalue weighted by molar-refractivity contribution is 6.31. The topological polar surface area (TPSA) is 12.0 Å². The van der Waals surface area contributed by atoms with Gasteiger partial charge in [-0.15, -0.1) is 0 Å². The summed E-state index contributed by atoms with van der Waals surface area (Å²) in [5.41, 5.74) is 2.33. The van der Waals surface area contributed by atoms with Crippen molar-refractivity contribution in [3.05, 3.63) is 57.8 Å². The van der Waals surface area contributed by atoms with E-state index in [1.54, 1.807) is 18.2 Å². The minimum absolute atomic E-state index is 0.328. The minimum Gasteiger partial charge on any atom is -0.310 e. The molecule has 0 aromatic heterocycles. The lowest BCUT2D eigenvalue weighted by molar-refractivity contribution is 0.589. The van der Waals surface area contributed by atoms with Gasteiger partial charge in [-0.1, -0.05) is 43.1 Å². The van der Waals surface area contributed by atoms with Crippen LogP contribution in [0.2, 0.25) is 10.0 Å². The Kier molecular flexibility index (Phi) is 5.03. The van der Waals surface area contributed by atoms with Gasteiger partial charge in [0.1, 0.15) is 5.82 Å². The summed E-state index contributed by atoms with van der Waals surface area (Å²) in [6.07, 6.45) is 0. The Labute approximate surface area is 128 Å². The molecule has 0 saturated heterocycles. The highest BCUT2D eigenvalue weighted by Gasteiger charge is 2.11. The third-order valence-corrected chi connectivity index (χ3v) is 3.46. The Balaban J connectivity index is 2.44. The number of halogens is 3. The van der Waals surface area contributed by atoms with Crippen LogP contribution >= 0.6 is 23.2 Å². The zero-order valence-corrected chi connectivity index (χ0v) is 12.9. The summed E-state index contributed by atoms with van der Waals surface area (Å²) >= 11 is 11.8. The maximum Gasteiger partial charge on any atom is 0.132 e. The Morgan fingerprint density at radius 3 is 2.20 bits per heavy atom. The van der Waals surface area contributed by atoms with E-state index in [9.17, 15) is 4.39 Å². The van der Waals surface area contributed by atoms with Crippen LogP contribution in [0.25, 0.3) is 11.1 Å². The fourth-order valence-electron chi connectivity index (χ4n) is 1.99. The predicted molar refractivity (Wildman–Crippen MR) is 83.8 cm³/mol. The van der Waals surface area contributed by atoms with E-state index in [2.05, 4.69) is 19.2 Å². The Bertz CT molecular complexity index is 611. The molecule has 4 heteroatoms. The van der Waals surface area contributed by atoms with Crippen molar-refractivity contribution < 1.29 is 4.39 Å². The van der Waals surface area contributed by atoms with Gasteiger partial charge in [0.2, 0.25) is 0 Å². The minimum atomic E-state index is -0.328. The van der Waals surface area contributed by atoms with Gasteiger partial charge < -0.3 is 5.32 Å². The van der Waals surface area contributed by atoms with Gasteiger partial charge in [0.25, 0.3) is 0 Å². The maximum atomic E-state index is 14.1. The lowest BCUT2D eigenvalue weighted by Crippen LogP contribution is -2.22. The average molecular weight is 312 g/mol. The molecule has 0 aliphatic rings. The van der Waals surface area contributed by atoms with E-state index in [1.165, 1.54) is 6.07 Å². The molecule has 20 heavy (non-hydrogen) atoms. The SMILES string of the molecule is CC(C)NCc1cc(Cl)ccc1-c1ccc(Cl)cc1F. The van der Waals surface area contributed by atoms with Gasteiger partial charge in [0.15, 0.2) is 0 Å². The first-order chi connectivity index (χ1) is 9.47. The molecule has 0 spiro atoms. The van der Waals surface area contributed by atoms with Crippen LogP contribution in [0.15, 0.2) is 36.4 Å². The van der Waals surface area contributed by atoms with Crippen LogP contribution in [0.4, 0.5) is 4.39 Å². The molecule has 106 valence electrons. The Morgan fingerprint density at radius 1 is 1.00 bits per heavy atom. The van der Waals surface area contributed by atoms with Crippen molar-refractivity contribution in [3.8, 4) is 11.1 Å². The molecule has 0 aliphatic carbocycles. The van der Waals surface area contributed by atoms with E-state index in [0.29, 0.717) is 28.2 Å². The van der Waals surface area contributed by atoms with E-state index in [4.69, 9.17) is 23.2 Å². The Morgan fingerprint density at radius 2 is 1.60 bits per heavy atom. The molecule has 1 nitrogen and oxygen atoms in total. The second-order valence-electron chi connectivity index (χ2n) is 4.96. The molecule has 2 aromatic carbocycles. The van der Waals surface area contributed by atoms with Crippen LogP contribution in [-0.4, -0.2) is 6.04 Å². The van der Waals surface area contributed by atoms with Gasteiger partial charge in [-0.2, -0.15) is 0 Å². The lowest BCUT2D eigenvalue weighted by Gasteiger charge is -2.14. The van der Waals surface area contributed by atoms with Gasteiger partial charge in [0, 0.05) is 28.2 Å². The van der Waals surface area contributed by atoms with Gasteiger partial charge in [0.05, 0.1) is 0 Å². The van der Waals surface area contributed by atoms with E-state index >= 15 is 0 Å². The first-order valence-electron chi connectivity index (χ1n) is 6.44. The second-order valence-corrected chi connectivity index (χ2v) is 5.83. The molecule has 2 aromatic rings. The van der Waals surface area contributed by atoms with Gasteiger partial charge in [-0.05, 0) is 41.5 Å². The molecule has 0 bridgehead atoms. The summed E-state index contributed by atoms with van der Waals surface area (Å²) in [6, 6.07) is 10.5. The van der Waals surface area contributed by atoms with Crippen molar-refractivity contribution >= 4 is 23.2 Å². The average Bonchev–Trinajstić information content (AvgIpc) is 2.37. The number of rotatable bonds is 4. The molecule has 0 atom stereocenters. The van der Waals surface area contributed by atoms with Crippen molar-refractivity contribution in [3.63, 3.8) is 0 Å². The lowest BCUT2D eigenvalue weighted by atomic mass is 9.99. The first-order valence-corrected chi connectivity index (χ1v) is 7.20. The summed E-state index contributed by atoms with van der Waals surface area (Å²) in [4.78, 5) is 0. The van der Waals surface area contributed by atoms with Crippen LogP contribution in [0, 0.1) is 5.82 Å². The Hall–Kier alpha value is -1.09. The molecule has 0 fully saturated rings. The van der Waals surface area contributed by atoms with Crippen molar-refractivity contribution in [2.45, 2.75) is 26.4 Å². The zero-order chi connectivity index (χ0) is 14.7. The van der Waals surface area contributed by atoms with Crippen molar-refractivity contribution in [1.82, 2.24) is 5.32 Å². The molecular weight excluding hydrogens is 296 g/mol. The highest BCUT2D eigenvalue weighted by atomic mass is 35.5. The number of hydrogen-bond donors (Lipinski definition) is 1. The molecule has 0 heterocycles. The third kappa shape index (κ3) is 3.72. The van der Waals surface area contributed by atoms with Crippen LogP contribution in [-0.2, 0) is 6.54 Å². The summed E-state index contributed by atoms with van der Waals surface area (Å²) in [6.45, 7) is 4.76. The molecule has 0 radical (unpaired) electrons.